The molecule has 116 valence electrons. The molecule has 20 heavy (non-hydrogen) atoms. The van der Waals surface area contributed by atoms with E-state index in [-0.39, 0.29) is 19.4 Å². The number of carbonyl (C=O) groups is 3. The topological polar surface area (TPSA) is 148 Å². The quantitative estimate of drug-likeness (QED) is 0.482. The van der Waals surface area contributed by atoms with Gasteiger partial charge >= 0.3 is 28.2 Å². The van der Waals surface area contributed by atoms with Gasteiger partial charge in [0.1, 0.15) is 6.04 Å². The van der Waals surface area contributed by atoms with Crippen LogP contribution < -0.4 is 9.44 Å². The molecule has 0 fully saturated rings. The lowest BCUT2D eigenvalue weighted by Gasteiger charge is -2.14. The first-order chi connectivity index (χ1) is 9.21. The molecule has 0 aliphatic rings. The SMILES string of the molecule is CCOC(=O)NS(=O)(=O)N[C@H](CCC(=O)OC)C(=O)O. The molecule has 11 heteroatoms. The van der Waals surface area contributed by atoms with Crippen molar-refractivity contribution in [3.8, 4) is 0 Å². The predicted octanol–water partition coefficient (Wildman–Crippen LogP) is -1.03. The van der Waals surface area contributed by atoms with E-state index in [4.69, 9.17) is 5.11 Å². The summed E-state index contributed by atoms with van der Waals surface area (Å²) in [7, 11) is -3.29. The van der Waals surface area contributed by atoms with Crippen LogP contribution in [0.4, 0.5) is 4.79 Å². The number of rotatable bonds is 8. The summed E-state index contributed by atoms with van der Waals surface area (Å²) in [4.78, 5) is 32.7. The molecule has 0 rings (SSSR count). The first-order valence-corrected chi connectivity index (χ1v) is 6.96. The average Bonchev–Trinajstić information content (AvgIpc) is 2.33. The van der Waals surface area contributed by atoms with Crippen LogP contribution in [0.15, 0.2) is 0 Å². The number of hydrogen-bond acceptors (Lipinski definition) is 7. The molecule has 10 nitrogen and oxygen atoms in total. The lowest BCUT2D eigenvalue weighted by molar-refractivity contribution is -0.142. The van der Waals surface area contributed by atoms with E-state index in [1.54, 1.807) is 4.72 Å². The van der Waals surface area contributed by atoms with E-state index >= 15 is 0 Å². The smallest absolute Gasteiger partial charge is 0.421 e. The van der Waals surface area contributed by atoms with Gasteiger partial charge in [0, 0.05) is 6.42 Å². The van der Waals surface area contributed by atoms with Gasteiger partial charge in [-0.1, -0.05) is 0 Å². The maximum Gasteiger partial charge on any atom is 0.421 e. The highest BCUT2D eigenvalue weighted by Crippen LogP contribution is 2.01. The maximum atomic E-state index is 11.4. The second kappa shape index (κ2) is 8.32. The van der Waals surface area contributed by atoms with Crippen molar-refractivity contribution in [1.29, 1.82) is 0 Å². The zero-order valence-electron chi connectivity index (χ0n) is 10.9. The van der Waals surface area contributed by atoms with Crippen LogP contribution in [-0.2, 0) is 29.3 Å². The van der Waals surface area contributed by atoms with Crippen LogP contribution in [0.25, 0.3) is 0 Å². The standard InChI is InChI=1S/C9H16N2O8S/c1-3-19-9(15)11-20(16,17)10-6(8(13)14)4-5-7(12)18-2/h6,10H,3-5H2,1-2H3,(H,11,15)(H,13,14)/t6-/m1/s1. The molecular formula is C9H16N2O8S. The summed E-state index contributed by atoms with van der Waals surface area (Å²) in [6.45, 7) is 1.42. The Morgan fingerprint density at radius 1 is 1.30 bits per heavy atom. The van der Waals surface area contributed by atoms with Crippen molar-refractivity contribution in [2.45, 2.75) is 25.8 Å². The molecule has 0 saturated heterocycles. The van der Waals surface area contributed by atoms with Gasteiger partial charge in [0.2, 0.25) is 0 Å². The van der Waals surface area contributed by atoms with Crippen molar-refractivity contribution in [2.75, 3.05) is 13.7 Å². The van der Waals surface area contributed by atoms with E-state index in [0.717, 1.165) is 7.11 Å². The van der Waals surface area contributed by atoms with Crippen LogP contribution in [0.3, 0.4) is 0 Å². The van der Waals surface area contributed by atoms with Crippen molar-refractivity contribution >= 4 is 28.2 Å². The Morgan fingerprint density at radius 2 is 1.90 bits per heavy atom. The molecule has 0 saturated carbocycles. The molecule has 0 spiro atoms. The van der Waals surface area contributed by atoms with Crippen molar-refractivity contribution in [3.05, 3.63) is 0 Å². The number of ether oxygens (including phenoxy) is 2. The number of hydrogen-bond donors (Lipinski definition) is 3. The summed E-state index contributed by atoms with van der Waals surface area (Å²) in [5, 5.41) is 8.84. The Morgan fingerprint density at radius 3 is 2.35 bits per heavy atom. The normalized spacial score (nSPS) is 12.3. The largest absolute Gasteiger partial charge is 0.480 e. The average molecular weight is 312 g/mol. The minimum atomic E-state index is -4.41. The van der Waals surface area contributed by atoms with Gasteiger partial charge in [-0.3, -0.25) is 9.59 Å². The first-order valence-electron chi connectivity index (χ1n) is 5.48. The third-order valence-corrected chi connectivity index (χ3v) is 2.98. The van der Waals surface area contributed by atoms with E-state index in [1.807, 2.05) is 0 Å². The van der Waals surface area contributed by atoms with Gasteiger partial charge < -0.3 is 14.6 Å². The fourth-order valence-electron chi connectivity index (χ4n) is 1.08. The highest BCUT2D eigenvalue weighted by molar-refractivity contribution is 7.88. The van der Waals surface area contributed by atoms with Crippen molar-refractivity contribution in [2.24, 2.45) is 0 Å². The monoisotopic (exact) mass is 312 g/mol. The second-order valence-corrected chi connectivity index (χ2v) is 4.90. The summed E-state index contributed by atoms with van der Waals surface area (Å²) in [5.41, 5.74) is 0. The maximum absolute atomic E-state index is 11.4. The number of carboxylic acid groups (broad SMARTS) is 1. The van der Waals surface area contributed by atoms with Crippen molar-refractivity contribution < 1.29 is 37.4 Å². The fourth-order valence-corrected chi connectivity index (χ4v) is 2.01. The summed E-state index contributed by atoms with van der Waals surface area (Å²) >= 11 is 0. The molecule has 1 amide bonds. The highest BCUT2D eigenvalue weighted by atomic mass is 32.2. The number of carbonyl (C=O) groups excluding carboxylic acids is 2. The van der Waals surface area contributed by atoms with Gasteiger partial charge in [0.25, 0.3) is 0 Å². The van der Waals surface area contributed by atoms with Gasteiger partial charge in [-0.05, 0) is 13.3 Å². The lowest BCUT2D eigenvalue weighted by atomic mass is 10.2. The highest BCUT2D eigenvalue weighted by Gasteiger charge is 2.26. The van der Waals surface area contributed by atoms with E-state index < -0.39 is 34.3 Å². The molecule has 0 aromatic carbocycles. The van der Waals surface area contributed by atoms with Crippen molar-refractivity contribution in [1.82, 2.24) is 9.44 Å². The van der Waals surface area contributed by atoms with E-state index in [1.165, 1.54) is 11.6 Å². The van der Waals surface area contributed by atoms with Crippen LogP contribution in [0.5, 0.6) is 0 Å². The lowest BCUT2D eigenvalue weighted by Crippen LogP contribution is -2.48. The third kappa shape index (κ3) is 7.53. The summed E-state index contributed by atoms with van der Waals surface area (Å²) < 4.78 is 34.7. The first kappa shape index (κ1) is 18.1. The zero-order chi connectivity index (χ0) is 15.8. The molecule has 0 aliphatic carbocycles. The van der Waals surface area contributed by atoms with Crippen molar-refractivity contribution in [3.63, 3.8) is 0 Å². The molecule has 0 aliphatic heterocycles. The van der Waals surface area contributed by atoms with Gasteiger partial charge in [-0.25, -0.2) is 9.52 Å². The van der Waals surface area contributed by atoms with E-state index in [0.29, 0.717) is 0 Å². The molecule has 0 aromatic heterocycles. The summed E-state index contributed by atoms with van der Waals surface area (Å²) in [6, 6.07) is -1.58. The van der Waals surface area contributed by atoms with Gasteiger partial charge in [0.05, 0.1) is 13.7 Å². The third-order valence-electron chi connectivity index (χ3n) is 1.95. The Kier molecular flexibility index (Phi) is 7.54. The molecular weight excluding hydrogens is 296 g/mol. The van der Waals surface area contributed by atoms with Crippen LogP contribution >= 0.6 is 0 Å². The predicted molar refractivity (Wildman–Crippen MR) is 64.9 cm³/mol. The molecule has 0 unspecified atom stereocenters. The van der Waals surface area contributed by atoms with Crippen LogP contribution in [0.1, 0.15) is 19.8 Å². The van der Waals surface area contributed by atoms with E-state index in [9.17, 15) is 22.8 Å². The van der Waals surface area contributed by atoms with Gasteiger partial charge in [-0.2, -0.15) is 13.1 Å². The molecule has 0 aromatic rings. The number of nitrogens with one attached hydrogen (secondary N) is 2. The Labute approximate surface area is 115 Å². The van der Waals surface area contributed by atoms with Crippen LogP contribution in [0.2, 0.25) is 0 Å². The van der Waals surface area contributed by atoms with E-state index in [2.05, 4.69) is 9.47 Å². The Bertz CT molecular complexity index is 461. The summed E-state index contributed by atoms with van der Waals surface area (Å²) in [6.07, 6.45) is -1.86. The Balaban J connectivity index is 4.61. The zero-order valence-corrected chi connectivity index (χ0v) is 11.7. The summed E-state index contributed by atoms with van der Waals surface area (Å²) in [5.74, 6) is -2.18. The Hall–Kier alpha value is -1.88. The molecule has 1 atom stereocenters. The van der Waals surface area contributed by atoms with Gasteiger partial charge in [0.15, 0.2) is 0 Å². The minimum Gasteiger partial charge on any atom is -0.480 e. The number of carboxylic acids is 1. The second-order valence-electron chi connectivity index (χ2n) is 3.45. The van der Waals surface area contributed by atoms with Gasteiger partial charge in [-0.15, -0.1) is 0 Å². The van der Waals surface area contributed by atoms with Crippen LogP contribution in [-0.4, -0.2) is 51.3 Å². The minimum absolute atomic E-state index is 0.0496. The number of aliphatic carboxylic acids is 1. The number of amides is 1. The molecule has 0 bridgehead atoms. The molecule has 0 radical (unpaired) electrons. The number of methoxy groups -OCH3 is 1. The fraction of sp³-hybridized carbons (Fsp3) is 0.667. The van der Waals surface area contributed by atoms with Crippen LogP contribution in [0, 0.1) is 0 Å². The number of esters is 1. The molecule has 0 heterocycles. The molecule has 3 N–H and O–H groups in total.